The van der Waals surface area contributed by atoms with Crippen LogP contribution in [0.2, 0.25) is 0 Å². The molecule has 1 saturated heterocycles. The molecule has 1 fully saturated rings. The van der Waals surface area contributed by atoms with Crippen LogP contribution in [0.1, 0.15) is 40.8 Å². The first-order chi connectivity index (χ1) is 15.6. The predicted octanol–water partition coefficient (Wildman–Crippen LogP) is 0.913. The van der Waals surface area contributed by atoms with E-state index < -0.39 is 70.6 Å². The number of aromatic nitrogens is 2. The first kappa shape index (κ1) is 28.7. The van der Waals surface area contributed by atoms with Gasteiger partial charge in [0, 0.05) is 13.1 Å². The minimum absolute atomic E-state index is 0.00785. The van der Waals surface area contributed by atoms with Crippen molar-refractivity contribution in [2.24, 2.45) is 0 Å². The fourth-order valence-corrected chi connectivity index (χ4v) is 5.28. The Morgan fingerprint density at radius 3 is 2.41 bits per heavy atom. The lowest BCUT2D eigenvalue weighted by Crippen LogP contribution is -2.39. The second kappa shape index (κ2) is 11.5. The second-order valence-electron chi connectivity index (χ2n) is 7.86. The summed E-state index contributed by atoms with van der Waals surface area (Å²) in [6.45, 7) is 6.68. The molecule has 1 aromatic rings. The molecule has 1 amide bonds. The number of aliphatic hydroxyl groups excluding tert-OH is 1. The van der Waals surface area contributed by atoms with Crippen molar-refractivity contribution >= 4 is 27.4 Å². The van der Waals surface area contributed by atoms with Gasteiger partial charge in [-0.3, -0.25) is 18.4 Å². The summed E-state index contributed by atoms with van der Waals surface area (Å²) in [5.74, 6) is -0.446. The van der Waals surface area contributed by atoms with Gasteiger partial charge in [0.05, 0.1) is 18.8 Å². The molecule has 0 aromatic carbocycles. The Morgan fingerprint density at radius 2 is 1.88 bits per heavy atom. The number of anilines is 1. The van der Waals surface area contributed by atoms with Gasteiger partial charge in [-0.15, -0.1) is 0 Å². The third-order valence-corrected chi connectivity index (χ3v) is 6.91. The van der Waals surface area contributed by atoms with E-state index in [4.69, 9.17) is 14.0 Å². The zero-order valence-corrected chi connectivity index (χ0v) is 20.9. The van der Waals surface area contributed by atoms with Crippen molar-refractivity contribution in [3.05, 3.63) is 22.7 Å². The van der Waals surface area contributed by atoms with E-state index in [0.717, 1.165) is 4.57 Å². The summed E-state index contributed by atoms with van der Waals surface area (Å²) in [4.78, 5) is 46.6. The van der Waals surface area contributed by atoms with Gasteiger partial charge in [0.1, 0.15) is 24.1 Å². The van der Waals surface area contributed by atoms with Crippen molar-refractivity contribution < 1.29 is 51.6 Å². The van der Waals surface area contributed by atoms with Crippen LogP contribution in [0.25, 0.3) is 0 Å². The van der Waals surface area contributed by atoms with Gasteiger partial charge in [-0.1, -0.05) is 0 Å². The monoisotopic (exact) mass is 529 g/mol. The Bertz CT molecular complexity index is 1020. The zero-order valence-electron chi connectivity index (χ0n) is 19.1. The quantitative estimate of drug-likeness (QED) is 0.295. The molecule has 34 heavy (non-hydrogen) atoms. The number of nitrogens with one attached hydrogen (secondary N) is 1. The minimum Gasteiger partial charge on any atom is -0.386 e. The van der Waals surface area contributed by atoms with Gasteiger partial charge < -0.3 is 29.7 Å². The largest absolute Gasteiger partial charge is 0.481 e. The molecule has 17 heteroatoms. The number of amides is 1. The van der Waals surface area contributed by atoms with Crippen LogP contribution in [-0.4, -0.2) is 67.5 Å². The Balaban J connectivity index is 2.19. The molecule has 2 heterocycles. The molecule has 4 N–H and O–H groups in total. The maximum absolute atomic E-state index is 12.4. The second-order valence-corrected chi connectivity index (χ2v) is 10.9. The van der Waals surface area contributed by atoms with E-state index >= 15 is 0 Å². The van der Waals surface area contributed by atoms with Crippen molar-refractivity contribution in [2.45, 2.75) is 71.4 Å². The summed E-state index contributed by atoms with van der Waals surface area (Å²) in [6.07, 6.45) is -5.05. The molecule has 15 nitrogen and oxygen atoms in total. The Hall–Kier alpha value is -1.51. The third kappa shape index (κ3) is 8.31. The summed E-state index contributed by atoms with van der Waals surface area (Å²) < 4.78 is 49.8. The third-order valence-electron chi connectivity index (χ3n) is 4.10. The number of phosphoric acid groups is 2. The van der Waals surface area contributed by atoms with Gasteiger partial charge >= 0.3 is 21.3 Å². The van der Waals surface area contributed by atoms with Crippen LogP contribution in [-0.2, 0) is 36.8 Å². The van der Waals surface area contributed by atoms with Crippen LogP contribution in [0.4, 0.5) is 5.82 Å². The van der Waals surface area contributed by atoms with E-state index in [2.05, 4.69) is 19.1 Å². The molecule has 0 bridgehead atoms. The van der Waals surface area contributed by atoms with Crippen molar-refractivity contribution in [3.63, 3.8) is 0 Å². The number of hydrogen-bond acceptors (Lipinski definition) is 11. The maximum Gasteiger partial charge on any atom is 0.481 e. The number of ether oxygens (including phenoxy) is 2. The molecule has 6 atom stereocenters. The van der Waals surface area contributed by atoms with Crippen LogP contribution in [0.15, 0.2) is 17.1 Å². The van der Waals surface area contributed by atoms with E-state index in [1.54, 1.807) is 13.8 Å². The molecule has 194 valence electrons. The highest BCUT2D eigenvalue weighted by Gasteiger charge is 2.48. The molecule has 0 spiro atoms. The summed E-state index contributed by atoms with van der Waals surface area (Å²) >= 11 is 0. The summed E-state index contributed by atoms with van der Waals surface area (Å²) in [6, 6.07) is 1.31. The number of hydrogen-bond donors (Lipinski definition) is 4. The average Bonchev–Trinajstić information content (AvgIpc) is 2.93. The van der Waals surface area contributed by atoms with Crippen molar-refractivity contribution in [3.8, 4) is 0 Å². The lowest BCUT2D eigenvalue weighted by molar-refractivity contribution is -0.114. The van der Waals surface area contributed by atoms with Crippen molar-refractivity contribution in [2.75, 3.05) is 11.9 Å². The molecular formula is C17H29N3O12P2. The molecular weight excluding hydrogens is 500 g/mol. The Kier molecular flexibility index (Phi) is 9.70. The van der Waals surface area contributed by atoms with Gasteiger partial charge in [-0.2, -0.15) is 9.29 Å². The predicted molar refractivity (Wildman–Crippen MR) is 116 cm³/mol. The maximum atomic E-state index is 12.4. The minimum atomic E-state index is -5.10. The number of nitrogens with zero attached hydrogens (tertiary/aromatic N) is 2. The molecule has 1 aliphatic rings. The van der Waals surface area contributed by atoms with Crippen molar-refractivity contribution in [1.82, 2.24) is 9.55 Å². The summed E-state index contributed by atoms with van der Waals surface area (Å²) in [5.41, 5.74) is -0.858. The topological polar surface area (TPSA) is 205 Å². The van der Waals surface area contributed by atoms with Gasteiger partial charge in [-0.05, 0) is 33.8 Å². The zero-order chi connectivity index (χ0) is 25.8. The first-order valence-electron chi connectivity index (χ1n) is 10.2. The molecule has 1 aromatic heterocycles. The SMILES string of the molecule is CC(=O)Nc1ccn([C@@H]2O[C@H](COP(=O)(O)OP(=O)(O)OC(C)C)C(OC(C)C)[C@@H]2O)c(=O)n1. The van der Waals surface area contributed by atoms with Gasteiger partial charge in [0.15, 0.2) is 6.23 Å². The molecule has 0 aliphatic carbocycles. The molecule has 1 aliphatic heterocycles. The van der Waals surface area contributed by atoms with E-state index in [9.17, 15) is 33.6 Å². The Morgan fingerprint density at radius 1 is 1.24 bits per heavy atom. The number of carbonyl (C=O) groups is 1. The van der Waals surface area contributed by atoms with Crippen molar-refractivity contribution in [1.29, 1.82) is 0 Å². The normalized spacial score (nSPS) is 26.4. The first-order valence-corrected chi connectivity index (χ1v) is 13.1. The standard InChI is InChI=1S/C17H29N3O12P2/c1-9(2)29-15-12(8-28-33(24,25)32-34(26,27)31-10(3)4)30-16(14(15)22)20-7-6-13(18-11(5)21)19-17(20)23/h6-7,9-10,12,14-16,22H,8H2,1-5H3,(H,24,25)(H,26,27)(H,18,19,21,23)/t12-,14+,15?,16-/m1/s1. The average molecular weight is 529 g/mol. The van der Waals surface area contributed by atoms with Crippen LogP contribution in [0.5, 0.6) is 0 Å². The van der Waals surface area contributed by atoms with Crippen LogP contribution in [0.3, 0.4) is 0 Å². The highest BCUT2D eigenvalue weighted by molar-refractivity contribution is 7.61. The number of carbonyl (C=O) groups excluding carboxylic acids is 1. The Labute approximate surface area is 195 Å². The van der Waals surface area contributed by atoms with E-state index in [-0.39, 0.29) is 5.82 Å². The summed E-state index contributed by atoms with van der Waals surface area (Å²) in [5, 5.41) is 13.1. The lowest BCUT2D eigenvalue weighted by Gasteiger charge is -2.24. The van der Waals surface area contributed by atoms with E-state index in [1.807, 2.05) is 0 Å². The number of rotatable bonds is 11. The molecule has 0 radical (unpaired) electrons. The summed E-state index contributed by atoms with van der Waals surface area (Å²) in [7, 11) is -10.0. The highest BCUT2D eigenvalue weighted by atomic mass is 31.3. The molecule has 3 unspecified atom stereocenters. The smallest absolute Gasteiger partial charge is 0.386 e. The van der Waals surface area contributed by atoms with Crippen LogP contribution in [0, 0.1) is 0 Å². The molecule has 2 rings (SSSR count). The van der Waals surface area contributed by atoms with Gasteiger partial charge in [-0.25, -0.2) is 13.9 Å². The fraction of sp³-hybridized carbons (Fsp3) is 0.706. The number of aliphatic hydroxyl groups is 1. The lowest BCUT2D eigenvalue weighted by atomic mass is 10.1. The van der Waals surface area contributed by atoms with Crippen LogP contribution >= 0.6 is 15.6 Å². The highest BCUT2D eigenvalue weighted by Crippen LogP contribution is 2.61. The fourth-order valence-electron chi connectivity index (χ4n) is 3.03. The molecule has 0 saturated carbocycles. The van der Waals surface area contributed by atoms with E-state index in [0.29, 0.717) is 0 Å². The van der Waals surface area contributed by atoms with Gasteiger partial charge in [0.2, 0.25) is 5.91 Å². The number of phosphoric ester groups is 2. The van der Waals surface area contributed by atoms with E-state index in [1.165, 1.54) is 33.0 Å². The van der Waals surface area contributed by atoms with Crippen LogP contribution < -0.4 is 11.0 Å². The van der Waals surface area contributed by atoms with Gasteiger partial charge in [0.25, 0.3) is 0 Å².